The first kappa shape index (κ1) is 10.7. The normalized spacial score (nSPS) is 11.9. The number of methoxy groups -OCH3 is 1. The van der Waals surface area contributed by atoms with Gasteiger partial charge in [0.15, 0.2) is 0 Å². The summed E-state index contributed by atoms with van der Waals surface area (Å²) in [4.78, 5) is 22.7. The van der Waals surface area contributed by atoms with Gasteiger partial charge in [0.2, 0.25) is 0 Å². The summed E-state index contributed by atoms with van der Waals surface area (Å²) in [6.45, 7) is 1.95. The van der Waals surface area contributed by atoms with Crippen LogP contribution in [0.25, 0.3) is 0 Å². The molecule has 0 aliphatic heterocycles. The average Bonchev–Trinajstić information content (AvgIpc) is 2.02. The topological polar surface area (TPSA) is 72.6 Å². The van der Waals surface area contributed by atoms with Crippen molar-refractivity contribution >= 4 is 12.0 Å². The molecule has 0 saturated carbocycles. The Labute approximate surface area is 71.5 Å². The molecule has 2 amide bonds. The maximum absolute atomic E-state index is 10.9. The number of urea groups is 1. The maximum atomic E-state index is 10.9. The zero-order valence-corrected chi connectivity index (χ0v) is 7.53. The Morgan fingerprint density at radius 2 is 2.08 bits per heavy atom. The third-order valence-corrected chi connectivity index (χ3v) is 1.53. The largest absolute Gasteiger partial charge is 0.469 e. The van der Waals surface area contributed by atoms with Gasteiger partial charge in [0.1, 0.15) is 0 Å². The lowest BCUT2D eigenvalue weighted by atomic mass is 10.2. The first-order valence-corrected chi connectivity index (χ1v) is 3.57. The van der Waals surface area contributed by atoms with Crippen LogP contribution in [0.2, 0.25) is 0 Å². The second-order valence-corrected chi connectivity index (χ2v) is 2.64. The second-order valence-electron chi connectivity index (χ2n) is 2.64. The van der Waals surface area contributed by atoms with E-state index in [-0.39, 0.29) is 18.4 Å². The van der Waals surface area contributed by atoms with Crippen LogP contribution in [0.3, 0.4) is 0 Å². The number of nitrogens with two attached hydrogens (primary N) is 1. The molecule has 0 saturated heterocycles. The predicted octanol–water partition coefficient (Wildman–Crippen LogP) is -0.194. The summed E-state index contributed by atoms with van der Waals surface area (Å²) in [5.41, 5.74) is 4.96. The van der Waals surface area contributed by atoms with Gasteiger partial charge in [-0.2, -0.15) is 0 Å². The summed E-state index contributed by atoms with van der Waals surface area (Å²) >= 11 is 0. The van der Waals surface area contributed by atoms with Gasteiger partial charge in [-0.3, -0.25) is 4.79 Å². The highest BCUT2D eigenvalue weighted by Crippen LogP contribution is 1.99. The molecule has 0 aromatic rings. The fourth-order valence-corrected chi connectivity index (χ4v) is 0.776. The highest BCUT2D eigenvalue weighted by atomic mass is 16.5. The quantitative estimate of drug-likeness (QED) is 0.602. The van der Waals surface area contributed by atoms with Crippen LogP contribution in [-0.4, -0.2) is 37.6 Å². The highest BCUT2D eigenvalue weighted by molar-refractivity contribution is 5.75. The molecule has 0 radical (unpaired) electrons. The molecule has 0 fully saturated rings. The maximum Gasteiger partial charge on any atom is 0.314 e. The van der Waals surface area contributed by atoms with E-state index in [9.17, 15) is 9.59 Å². The fraction of sp³-hybridized carbons (Fsp3) is 0.714. The number of amides is 2. The van der Waals surface area contributed by atoms with Crippen LogP contribution in [0, 0.1) is 5.92 Å². The van der Waals surface area contributed by atoms with Crippen molar-refractivity contribution in [1.82, 2.24) is 4.90 Å². The Morgan fingerprint density at radius 3 is 2.42 bits per heavy atom. The van der Waals surface area contributed by atoms with E-state index in [2.05, 4.69) is 4.74 Å². The minimum absolute atomic E-state index is 0.280. The van der Waals surface area contributed by atoms with E-state index >= 15 is 0 Å². The van der Waals surface area contributed by atoms with Crippen molar-refractivity contribution in [2.75, 3.05) is 20.7 Å². The van der Waals surface area contributed by atoms with Gasteiger partial charge in [-0.25, -0.2) is 4.79 Å². The lowest BCUT2D eigenvalue weighted by Crippen LogP contribution is -2.37. The number of hydrogen-bond acceptors (Lipinski definition) is 3. The molecule has 70 valence electrons. The van der Waals surface area contributed by atoms with Gasteiger partial charge < -0.3 is 15.4 Å². The van der Waals surface area contributed by atoms with E-state index in [1.54, 1.807) is 6.92 Å². The van der Waals surface area contributed by atoms with Gasteiger partial charge in [0, 0.05) is 13.6 Å². The lowest BCUT2D eigenvalue weighted by molar-refractivity contribution is -0.145. The van der Waals surface area contributed by atoms with Crippen molar-refractivity contribution in [1.29, 1.82) is 0 Å². The third kappa shape index (κ3) is 3.23. The van der Waals surface area contributed by atoms with E-state index in [1.807, 2.05) is 0 Å². The molecule has 1 unspecified atom stereocenters. The summed E-state index contributed by atoms with van der Waals surface area (Å²) in [5, 5.41) is 0. The van der Waals surface area contributed by atoms with Crippen molar-refractivity contribution in [2.45, 2.75) is 6.92 Å². The van der Waals surface area contributed by atoms with Crippen molar-refractivity contribution in [2.24, 2.45) is 11.7 Å². The Morgan fingerprint density at radius 1 is 1.58 bits per heavy atom. The van der Waals surface area contributed by atoms with Crippen molar-refractivity contribution in [3.63, 3.8) is 0 Å². The zero-order chi connectivity index (χ0) is 9.72. The molecule has 0 bridgehead atoms. The molecule has 12 heavy (non-hydrogen) atoms. The number of ether oxygens (including phenoxy) is 1. The minimum atomic E-state index is -0.550. The Kier molecular flexibility index (Phi) is 4.10. The standard InChI is InChI=1S/C7H14N2O3/c1-5(6(10)12-3)4-9(2)7(8)11/h5H,4H2,1-3H3,(H2,8,11). The van der Waals surface area contributed by atoms with E-state index in [4.69, 9.17) is 5.73 Å². The van der Waals surface area contributed by atoms with Crippen LogP contribution in [0.1, 0.15) is 6.92 Å². The van der Waals surface area contributed by atoms with Crippen LogP contribution in [0.5, 0.6) is 0 Å². The smallest absolute Gasteiger partial charge is 0.314 e. The first-order chi connectivity index (χ1) is 5.49. The van der Waals surface area contributed by atoms with Gasteiger partial charge in [0.05, 0.1) is 13.0 Å². The molecule has 5 nitrogen and oxygen atoms in total. The van der Waals surface area contributed by atoms with Crippen LogP contribution in [0.15, 0.2) is 0 Å². The molecule has 0 rings (SSSR count). The number of rotatable bonds is 3. The minimum Gasteiger partial charge on any atom is -0.469 e. The molecule has 1 atom stereocenters. The molecule has 0 aliphatic carbocycles. The van der Waals surface area contributed by atoms with E-state index in [0.717, 1.165) is 0 Å². The number of esters is 1. The SMILES string of the molecule is COC(=O)C(C)CN(C)C(N)=O. The van der Waals surface area contributed by atoms with E-state index in [1.165, 1.54) is 19.1 Å². The predicted molar refractivity (Wildman–Crippen MR) is 43.4 cm³/mol. The molecule has 5 heteroatoms. The van der Waals surface area contributed by atoms with E-state index < -0.39 is 6.03 Å². The monoisotopic (exact) mass is 174 g/mol. The van der Waals surface area contributed by atoms with Crippen LogP contribution in [-0.2, 0) is 9.53 Å². The third-order valence-electron chi connectivity index (χ3n) is 1.53. The van der Waals surface area contributed by atoms with E-state index in [0.29, 0.717) is 0 Å². The molecule has 2 N–H and O–H groups in total. The molecule has 0 aliphatic rings. The summed E-state index contributed by atoms with van der Waals surface area (Å²) < 4.78 is 4.47. The van der Waals surface area contributed by atoms with Crippen LogP contribution >= 0.6 is 0 Å². The lowest BCUT2D eigenvalue weighted by Gasteiger charge is -2.17. The Bertz CT molecular complexity index is 181. The number of nitrogens with zero attached hydrogens (tertiary/aromatic N) is 1. The number of carbonyl (C=O) groups excluding carboxylic acids is 2. The number of hydrogen-bond donors (Lipinski definition) is 1. The Balaban J connectivity index is 3.91. The fourth-order valence-electron chi connectivity index (χ4n) is 0.776. The van der Waals surface area contributed by atoms with Gasteiger partial charge in [-0.1, -0.05) is 6.92 Å². The highest BCUT2D eigenvalue weighted by Gasteiger charge is 2.16. The summed E-state index contributed by atoms with van der Waals surface area (Å²) in [7, 11) is 2.84. The molecule has 0 spiro atoms. The summed E-state index contributed by atoms with van der Waals surface area (Å²) in [5.74, 6) is -0.685. The van der Waals surface area contributed by atoms with Crippen molar-refractivity contribution in [3.05, 3.63) is 0 Å². The molecule has 0 aromatic carbocycles. The number of primary amides is 1. The van der Waals surface area contributed by atoms with Crippen LogP contribution in [0.4, 0.5) is 4.79 Å². The van der Waals surface area contributed by atoms with Crippen molar-refractivity contribution < 1.29 is 14.3 Å². The van der Waals surface area contributed by atoms with Gasteiger partial charge in [-0.15, -0.1) is 0 Å². The molecular weight excluding hydrogens is 160 g/mol. The molecule has 0 aromatic heterocycles. The zero-order valence-electron chi connectivity index (χ0n) is 7.53. The average molecular weight is 174 g/mol. The first-order valence-electron chi connectivity index (χ1n) is 3.57. The molecule has 0 heterocycles. The Hall–Kier alpha value is -1.26. The molecular formula is C7H14N2O3. The summed E-state index contributed by atoms with van der Waals surface area (Å²) in [6, 6.07) is -0.550. The van der Waals surface area contributed by atoms with Gasteiger partial charge >= 0.3 is 12.0 Å². The second kappa shape index (κ2) is 4.58. The summed E-state index contributed by atoms with van der Waals surface area (Å²) in [6.07, 6.45) is 0. The van der Waals surface area contributed by atoms with Crippen molar-refractivity contribution in [3.8, 4) is 0 Å². The van der Waals surface area contributed by atoms with Gasteiger partial charge in [-0.05, 0) is 0 Å². The van der Waals surface area contributed by atoms with Gasteiger partial charge in [0.25, 0.3) is 0 Å². The number of carbonyl (C=O) groups is 2. The van der Waals surface area contributed by atoms with Crippen LogP contribution < -0.4 is 5.73 Å².